The molecule has 1 aliphatic heterocycles. The minimum absolute atomic E-state index is 0.105. The number of carbonyl (C=O) groups is 2. The highest BCUT2D eigenvalue weighted by molar-refractivity contribution is 5.80. The molecule has 1 saturated carbocycles. The van der Waals surface area contributed by atoms with Crippen molar-refractivity contribution in [2.75, 3.05) is 13.1 Å². The highest BCUT2D eigenvalue weighted by atomic mass is 16.2. The predicted molar refractivity (Wildman–Crippen MR) is 89.7 cm³/mol. The van der Waals surface area contributed by atoms with Crippen molar-refractivity contribution in [3.05, 3.63) is 35.9 Å². The van der Waals surface area contributed by atoms with E-state index < -0.39 is 0 Å². The number of carbonyl (C=O) groups excluding carboxylic acids is 2. The van der Waals surface area contributed by atoms with E-state index in [2.05, 4.69) is 5.32 Å². The summed E-state index contributed by atoms with van der Waals surface area (Å²) in [5.41, 5.74) is 1.08. The normalized spacial score (nSPS) is 20.5. The molecule has 124 valence electrons. The lowest BCUT2D eigenvalue weighted by atomic mass is 9.84. The molecule has 1 atom stereocenters. The summed E-state index contributed by atoms with van der Waals surface area (Å²) in [4.78, 5) is 26.6. The molecule has 1 aliphatic carbocycles. The number of rotatable bonds is 5. The summed E-state index contributed by atoms with van der Waals surface area (Å²) in [5.74, 6) is 0.537. The van der Waals surface area contributed by atoms with Crippen LogP contribution >= 0.6 is 0 Å². The van der Waals surface area contributed by atoms with Crippen molar-refractivity contribution in [1.29, 1.82) is 0 Å². The molecule has 1 N–H and O–H groups in total. The molecule has 2 amide bonds. The van der Waals surface area contributed by atoms with Crippen LogP contribution in [-0.2, 0) is 9.59 Å². The van der Waals surface area contributed by atoms with Gasteiger partial charge in [0.15, 0.2) is 0 Å². The molecule has 3 rings (SSSR count). The second kappa shape index (κ2) is 7.62. The molecule has 0 aromatic heterocycles. The maximum atomic E-state index is 12.4. The molecule has 1 aromatic rings. The monoisotopic (exact) mass is 314 g/mol. The van der Waals surface area contributed by atoms with Gasteiger partial charge in [0, 0.05) is 25.4 Å². The molecule has 4 nitrogen and oxygen atoms in total. The number of amides is 2. The van der Waals surface area contributed by atoms with Gasteiger partial charge in [0.2, 0.25) is 11.8 Å². The highest BCUT2D eigenvalue weighted by Crippen LogP contribution is 2.27. The standard InChI is InChI=1S/C19H26N2O2/c22-18-12-5-2-6-13-21(18)14-17(15-8-3-1-4-9-15)20-19(23)16-10-7-11-16/h1,3-4,8-9,16-17H,2,5-7,10-14H2,(H,20,23). The Labute approximate surface area is 138 Å². The summed E-state index contributed by atoms with van der Waals surface area (Å²) in [5, 5.41) is 3.19. The average molecular weight is 314 g/mol. The largest absolute Gasteiger partial charge is 0.347 e. The first-order valence-electron chi connectivity index (χ1n) is 8.87. The van der Waals surface area contributed by atoms with Crippen LogP contribution in [-0.4, -0.2) is 29.8 Å². The van der Waals surface area contributed by atoms with Gasteiger partial charge in [-0.05, 0) is 31.2 Å². The molecule has 0 radical (unpaired) electrons. The first kappa shape index (κ1) is 16.0. The van der Waals surface area contributed by atoms with Crippen molar-refractivity contribution in [1.82, 2.24) is 10.2 Å². The van der Waals surface area contributed by atoms with Crippen LogP contribution in [0.4, 0.5) is 0 Å². The van der Waals surface area contributed by atoms with Crippen LogP contribution in [0.2, 0.25) is 0 Å². The van der Waals surface area contributed by atoms with Crippen LogP contribution < -0.4 is 5.32 Å². The van der Waals surface area contributed by atoms with Gasteiger partial charge in [-0.3, -0.25) is 9.59 Å². The van der Waals surface area contributed by atoms with Gasteiger partial charge in [0.05, 0.1) is 6.04 Å². The third-order valence-electron chi connectivity index (χ3n) is 5.07. The molecular weight excluding hydrogens is 288 g/mol. The zero-order chi connectivity index (χ0) is 16.1. The van der Waals surface area contributed by atoms with Gasteiger partial charge < -0.3 is 10.2 Å². The molecule has 2 fully saturated rings. The third kappa shape index (κ3) is 4.12. The van der Waals surface area contributed by atoms with E-state index in [9.17, 15) is 9.59 Å². The quantitative estimate of drug-likeness (QED) is 0.908. The first-order valence-corrected chi connectivity index (χ1v) is 8.87. The molecule has 4 heteroatoms. The number of hydrogen-bond donors (Lipinski definition) is 1. The Bertz CT molecular complexity index is 540. The van der Waals surface area contributed by atoms with Crippen molar-refractivity contribution >= 4 is 11.8 Å². The Morgan fingerprint density at radius 3 is 2.61 bits per heavy atom. The van der Waals surface area contributed by atoms with Crippen molar-refractivity contribution < 1.29 is 9.59 Å². The fraction of sp³-hybridized carbons (Fsp3) is 0.579. The summed E-state index contributed by atoms with van der Waals surface area (Å²) >= 11 is 0. The van der Waals surface area contributed by atoms with E-state index in [0.717, 1.165) is 50.6 Å². The smallest absolute Gasteiger partial charge is 0.223 e. The van der Waals surface area contributed by atoms with Crippen LogP contribution in [0.1, 0.15) is 56.6 Å². The highest BCUT2D eigenvalue weighted by Gasteiger charge is 2.29. The minimum atomic E-state index is -0.105. The van der Waals surface area contributed by atoms with Crippen molar-refractivity contribution in [2.24, 2.45) is 5.92 Å². The lowest BCUT2D eigenvalue weighted by molar-refractivity contribution is -0.133. The van der Waals surface area contributed by atoms with Gasteiger partial charge >= 0.3 is 0 Å². The summed E-state index contributed by atoms with van der Waals surface area (Å²) in [6.45, 7) is 1.39. The van der Waals surface area contributed by atoms with Gasteiger partial charge in [-0.1, -0.05) is 43.2 Å². The Hall–Kier alpha value is -1.84. The number of nitrogens with zero attached hydrogens (tertiary/aromatic N) is 1. The van der Waals surface area contributed by atoms with Crippen molar-refractivity contribution in [2.45, 2.75) is 51.0 Å². The number of hydrogen-bond acceptors (Lipinski definition) is 2. The Morgan fingerprint density at radius 2 is 1.91 bits per heavy atom. The number of likely N-dealkylation sites (tertiary alicyclic amines) is 1. The predicted octanol–water partition coefficient (Wildman–Crippen LogP) is 3.05. The van der Waals surface area contributed by atoms with Gasteiger partial charge in [-0.25, -0.2) is 0 Å². The average Bonchev–Trinajstić information content (AvgIpc) is 2.71. The second-order valence-corrected chi connectivity index (χ2v) is 6.75. The molecule has 2 aliphatic rings. The van der Waals surface area contributed by atoms with Gasteiger partial charge in [-0.15, -0.1) is 0 Å². The van der Waals surface area contributed by atoms with Crippen LogP contribution in [0, 0.1) is 5.92 Å². The maximum Gasteiger partial charge on any atom is 0.223 e. The molecule has 1 heterocycles. The molecule has 1 unspecified atom stereocenters. The van der Waals surface area contributed by atoms with Crippen LogP contribution in [0.25, 0.3) is 0 Å². The van der Waals surface area contributed by atoms with Crippen LogP contribution in [0.3, 0.4) is 0 Å². The minimum Gasteiger partial charge on any atom is -0.347 e. The van der Waals surface area contributed by atoms with Gasteiger partial charge in [-0.2, -0.15) is 0 Å². The zero-order valence-electron chi connectivity index (χ0n) is 13.7. The van der Waals surface area contributed by atoms with Crippen LogP contribution in [0.5, 0.6) is 0 Å². The number of nitrogens with one attached hydrogen (secondary N) is 1. The molecule has 1 saturated heterocycles. The fourth-order valence-electron chi connectivity index (χ4n) is 3.33. The Morgan fingerprint density at radius 1 is 1.13 bits per heavy atom. The van der Waals surface area contributed by atoms with E-state index >= 15 is 0 Å². The van der Waals surface area contributed by atoms with E-state index in [1.165, 1.54) is 0 Å². The van der Waals surface area contributed by atoms with Gasteiger partial charge in [0.1, 0.15) is 0 Å². The summed E-state index contributed by atoms with van der Waals surface area (Å²) < 4.78 is 0. The SMILES string of the molecule is O=C(NC(CN1CCCCCC1=O)c1ccccc1)C1CCC1. The summed E-state index contributed by atoms with van der Waals surface area (Å²) in [6.07, 6.45) is 6.94. The molecule has 0 bridgehead atoms. The Balaban J connectivity index is 1.71. The third-order valence-corrected chi connectivity index (χ3v) is 5.07. The zero-order valence-corrected chi connectivity index (χ0v) is 13.7. The van der Waals surface area contributed by atoms with Crippen molar-refractivity contribution in [3.8, 4) is 0 Å². The Kier molecular flexibility index (Phi) is 5.31. The molecular formula is C19H26N2O2. The maximum absolute atomic E-state index is 12.4. The molecule has 0 spiro atoms. The number of benzene rings is 1. The fourth-order valence-corrected chi connectivity index (χ4v) is 3.33. The molecule has 23 heavy (non-hydrogen) atoms. The first-order chi connectivity index (χ1) is 11.2. The summed E-state index contributed by atoms with van der Waals surface area (Å²) in [7, 11) is 0. The van der Waals surface area contributed by atoms with E-state index in [1.807, 2.05) is 35.2 Å². The summed E-state index contributed by atoms with van der Waals surface area (Å²) in [6, 6.07) is 9.92. The van der Waals surface area contributed by atoms with E-state index in [0.29, 0.717) is 13.0 Å². The van der Waals surface area contributed by atoms with E-state index in [-0.39, 0.29) is 23.8 Å². The lowest BCUT2D eigenvalue weighted by Crippen LogP contribution is -2.43. The van der Waals surface area contributed by atoms with Gasteiger partial charge in [0.25, 0.3) is 0 Å². The van der Waals surface area contributed by atoms with Crippen molar-refractivity contribution in [3.63, 3.8) is 0 Å². The lowest BCUT2D eigenvalue weighted by Gasteiger charge is -2.31. The molecule has 1 aromatic carbocycles. The van der Waals surface area contributed by atoms with E-state index in [4.69, 9.17) is 0 Å². The van der Waals surface area contributed by atoms with E-state index in [1.54, 1.807) is 0 Å². The second-order valence-electron chi connectivity index (χ2n) is 6.75. The topological polar surface area (TPSA) is 49.4 Å². The van der Waals surface area contributed by atoms with Crippen LogP contribution in [0.15, 0.2) is 30.3 Å².